The summed E-state index contributed by atoms with van der Waals surface area (Å²) in [6.07, 6.45) is 5.79. The Balaban J connectivity index is 1.74. The van der Waals surface area contributed by atoms with Gasteiger partial charge >= 0.3 is 0 Å². The van der Waals surface area contributed by atoms with Crippen LogP contribution in [-0.4, -0.2) is 17.4 Å². The molecule has 0 atom stereocenters. The van der Waals surface area contributed by atoms with E-state index >= 15 is 0 Å². The van der Waals surface area contributed by atoms with Crippen molar-refractivity contribution in [3.05, 3.63) is 72.1 Å². The fourth-order valence-corrected chi connectivity index (χ4v) is 3.95. The summed E-state index contributed by atoms with van der Waals surface area (Å²) >= 11 is 0. The lowest BCUT2D eigenvalue weighted by atomic mass is 9.92. The maximum absolute atomic E-state index is 12.3. The number of benzene rings is 2. The molecule has 3 aromatic rings. The number of rotatable bonds is 3. The van der Waals surface area contributed by atoms with Crippen molar-refractivity contribution in [1.82, 2.24) is 4.98 Å². The number of carbonyl (C=O) groups excluding carboxylic acids is 1. The molecular weight excluding hydrogens is 324 g/mol. The number of aromatic nitrogens is 1. The molecular formula is C22H18N2O2. The van der Waals surface area contributed by atoms with Gasteiger partial charge in [-0.15, -0.1) is 0 Å². The largest absolute Gasteiger partial charge is 0.456 e. The average Bonchev–Trinajstić information content (AvgIpc) is 3.12. The molecule has 0 fully saturated rings. The van der Waals surface area contributed by atoms with E-state index in [1.165, 1.54) is 5.56 Å². The van der Waals surface area contributed by atoms with Crippen LogP contribution in [-0.2, 0) is 17.6 Å². The van der Waals surface area contributed by atoms with Crippen molar-refractivity contribution < 1.29 is 9.53 Å². The van der Waals surface area contributed by atoms with Gasteiger partial charge in [0.15, 0.2) is 0 Å². The molecule has 2 aliphatic heterocycles. The number of ether oxygens (including phenoxy) is 1. The molecule has 128 valence electrons. The highest BCUT2D eigenvalue weighted by atomic mass is 16.5. The number of nitrogens with zero attached hydrogens (tertiary/aromatic N) is 2. The summed E-state index contributed by atoms with van der Waals surface area (Å²) < 4.78 is 6.36. The van der Waals surface area contributed by atoms with E-state index in [1.807, 2.05) is 47.5 Å². The number of hydrogen-bond acceptors (Lipinski definition) is 3. The van der Waals surface area contributed by atoms with Crippen LogP contribution >= 0.6 is 0 Å². The summed E-state index contributed by atoms with van der Waals surface area (Å²) in [5.41, 5.74) is 5.52. The van der Waals surface area contributed by atoms with Crippen molar-refractivity contribution >= 4 is 11.6 Å². The number of hydrogen-bond donors (Lipinski definition) is 0. The van der Waals surface area contributed by atoms with Crippen LogP contribution in [0.15, 0.2) is 60.9 Å². The third-order valence-electron chi connectivity index (χ3n) is 5.13. The highest BCUT2D eigenvalue weighted by Gasteiger charge is 2.34. The number of anilines is 1. The van der Waals surface area contributed by atoms with Crippen LogP contribution in [0.3, 0.4) is 0 Å². The van der Waals surface area contributed by atoms with Crippen LogP contribution in [0.2, 0.25) is 0 Å². The van der Waals surface area contributed by atoms with Crippen LogP contribution in [0.4, 0.5) is 5.69 Å². The van der Waals surface area contributed by atoms with E-state index in [1.54, 1.807) is 6.20 Å². The monoisotopic (exact) mass is 342 g/mol. The van der Waals surface area contributed by atoms with Gasteiger partial charge in [-0.05, 0) is 42.7 Å². The second-order valence-corrected chi connectivity index (χ2v) is 6.69. The van der Waals surface area contributed by atoms with Gasteiger partial charge in [0, 0.05) is 42.0 Å². The molecule has 0 unspecified atom stereocenters. The fraction of sp³-hybridized carbons (Fsp3) is 0.182. The maximum atomic E-state index is 12.3. The molecule has 0 radical (unpaired) electrons. The van der Waals surface area contributed by atoms with E-state index in [2.05, 4.69) is 17.1 Å². The first kappa shape index (κ1) is 15.1. The fourth-order valence-electron chi connectivity index (χ4n) is 3.95. The maximum Gasteiger partial charge on any atom is 0.227 e. The van der Waals surface area contributed by atoms with Gasteiger partial charge in [-0.2, -0.15) is 0 Å². The van der Waals surface area contributed by atoms with Gasteiger partial charge in [0.25, 0.3) is 0 Å². The van der Waals surface area contributed by atoms with E-state index in [0.29, 0.717) is 12.8 Å². The van der Waals surface area contributed by atoms with Gasteiger partial charge in [-0.3, -0.25) is 9.78 Å². The summed E-state index contributed by atoms with van der Waals surface area (Å²) in [4.78, 5) is 18.5. The average molecular weight is 342 g/mol. The Hall–Kier alpha value is -3.14. The molecule has 5 rings (SSSR count). The molecule has 0 N–H and O–H groups in total. The molecule has 1 amide bonds. The third-order valence-corrected chi connectivity index (χ3v) is 5.13. The molecule has 1 aromatic heterocycles. The first-order valence-corrected chi connectivity index (χ1v) is 8.93. The Kier molecular flexibility index (Phi) is 3.49. The summed E-state index contributed by atoms with van der Waals surface area (Å²) in [6, 6.07) is 16.0. The quantitative estimate of drug-likeness (QED) is 0.709. The van der Waals surface area contributed by atoms with Gasteiger partial charge in [-0.1, -0.05) is 24.3 Å². The summed E-state index contributed by atoms with van der Waals surface area (Å²) in [5.74, 6) is 1.87. The summed E-state index contributed by atoms with van der Waals surface area (Å²) in [7, 11) is 0. The Morgan fingerprint density at radius 3 is 2.69 bits per heavy atom. The second kappa shape index (κ2) is 5.99. The summed E-state index contributed by atoms with van der Waals surface area (Å²) in [6.45, 7) is 0.766. The SMILES string of the molecule is O=C1CCc2c(Oc3ccccc3)c(-c3cccnc3)cc3c2N1CC3. The Morgan fingerprint density at radius 2 is 1.88 bits per heavy atom. The summed E-state index contributed by atoms with van der Waals surface area (Å²) in [5, 5.41) is 0. The zero-order valence-corrected chi connectivity index (χ0v) is 14.3. The minimum absolute atomic E-state index is 0.219. The first-order chi connectivity index (χ1) is 12.8. The van der Waals surface area contributed by atoms with Crippen molar-refractivity contribution in [3.63, 3.8) is 0 Å². The molecule has 0 spiro atoms. The Labute approximate surface area is 152 Å². The van der Waals surface area contributed by atoms with Gasteiger partial charge < -0.3 is 9.64 Å². The number of pyridine rings is 1. The number of para-hydroxylation sites is 1. The zero-order valence-electron chi connectivity index (χ0n) is 14.3. The predicted molar refractivity (Wildman–Crippen MR) is 101 cm³/mol. The van der Waals surface area contributed by atoms with Crippen LogP contribution < -0.4 is 9.64 Å². The number of carbonyl (C=O) groups is 1. The molecule has 0 saturated heterocycles. The molecule has 3 heterocycles. The van der Waals surface area contributed by atoms with Crippen molar-refractivity contribution in [2.24, 2.45) is 0 Å². The molecule has 0 saturated carbocycles. The standard InChI is InChI=1S/C22H18N2O2/c25-20-9-8-18-21-15(10-12-24(20)21)13-19(16-5-4-11-23-14-16)22(18)26-17-6-2-1-3-7-17/h1-7,11,13-14H,8-10,12H2. The van der Waals surface area contributed by atoms with E-state index in [0.717, 1.165) is 46.8 Å². The third kappa shape index (κ3) is 2.37. The lowest BCUT2D eigenvalue weighted by Crippen LogP contribution is -2.33. The minimum Gasteiger partial charge on any atom is -0.456 e. The molecule has 4 nitrogen and oxygen atoms in total. The highest BCUT2D eigenvalue weighted by Crippen LogP contribution is 2.47. The van der Waals surface area contributed by atoms with Crippen LogP contribution in [0.25, 0.3) is 11.1 Å². The smallest absolute Gasteiger partial charge is 0.227 e. The molecule has 0 bridgehead atoms. The lowest BCUT2D eigenvalue weighted by Gasteiger charge is -2.28. The number of amides is 1. The van der Waals surface area contributed by atoms with Crippen molar-refractivity contribution in [3.8, 4) is 22.6 Å². The molecule has 0 aliphatic carbocycles. The van der Waals surface area contributed by atoms with Crippen molar-refractivity contribution in [2.45, 2.75) is 19.3 Å². The normalized spacial score (nSPS) is 15.1. The Bertz CT molecular complexity index is 984. The topological polar surface area (TPSA) is 42.4 Å². The molecule has 2 aliphatic rings. The van der Waals surface area contributed by atoms with E-state index in [4.69, 9.17) is 4.74 Å². The van der Waals surface area contributed by atoms with Gasteiger partial charge in [0.1, 0.15) is 11.5 Å². The van der Waals surface area contributed by atoms with Crippen LogP contribution in [0.5, 0.6) is 11.5 Å². The van der Waals surface area contributed by atoms with E-state index < -0.39 is 0 Å². The van der Waals surface area contributed by atoms with Gasteiger partial charge in [0.05, 0.1) is 5.69 Å². The van der Waals surface area contributed by atoms with Gasteiger partial charge in [0.2, 0.25) is 5.91 Å². The Morgan fingerprint density at radius 1 is 1.00 bits per heavy atom. The lowest BCUT2D eigenvalue weighted by molar-refractivity contribution is -0.118. The van der Waals surface area contributed by atoms with Crippen LogP contribution in [0.1, 0.15) is 17.5 Å². The van der Waals surface area contributed by atoms with Crippen molar-refractivity contribution in [1.29, 1.82) is 0 Å². The molecule has 26 heavy (non-hydrogen) atoms. The first-order valence-electron chi connectivity index (χ1n) is 8.93. The van der Waals surface area contributed by atoms with E-state index in [-0.39, 0.29) is 5.91 Å². The molecule has 4 heteroatoms. The zero-order chi connectivity index (χ0) is 17.5. The minimum atomic E-state index is 0.219. The highest BCUT2D eigenvalue weighted by molar-refractivity contribution is 6.00. The molecule has 2 aromatic carbocycles. The van der Waals surface area contributed by atoms with Gasteiger partial charge in [-0.25, -0.2) is 0 Å². The van der Waals surface area contributed by atoms with E-state index in [9.17, 15) is 4.79 Å². The van der Waals surface area contributed by atoms with Crippen molar-refractivity contribution in [2.75, 3.05) is 11.4 Å². The van der Waals surface area contributed by atoms with Crippen LogP contribution in [0, 0.1) is 0 Å². The second-order valence-electron chi connectivity index (χ2n) is 6.69. The predicted octanol–water partition coefficient (Wildman–Crippen LogP) is 4.38.